The van der Waals surface area contributed by atoms with Crippen LogP contribution in [-0.4, -0.2) is 24.0 Å². The molecule has 2 N–H and O–H groups in total. The van der Waals surface area contributed by atoms with Gasteiger partial charge in [-0.1, -0.05) is 6.92 Å². The lowest BCUT2D eigenvalue weighted by atomic mass is 9.95. The summed E-state index contributed by atoms with van der Waals surface area (Å²) in [5, 5.41) is 0. The van der Waals surface area contributed by atoms with E-state index in [1.807, 2.05) is 13.0 Å². The van der Waals surface area contributed by atoms with E-state index in [0.29, 0.717) is 18.0 Å². The van der Waals surface area contributed by atoms with Crippen LogP contribution in [-0.2, 0) is 0 Å². The summed E-state index contributed by atoms with van der Waals surface area (Å²) in [5.74, 6) is 2.72. The van der Waals surface area contributed by atoms with Gasteiger partial charge in [-0.2, -0.15) is 0 Å². The molecule has 3 heteroatoms. The zero-order valence-corrected chi connectivity index (χ0v) is 10.4. The van der Waals surface area contributed by atoms with Crippen molar-refractivity contribution in [1.82, 2.24) is 4.90 Å². The summed E-state index contributed by atoms with van der Waals surface area (Å²) in [6.45, 7) is 8.55. The molecule has 1 aromatic heterocycles. The van der Waals surface area contributed by atoms with Crippen LogP contribution in [0.3, 0.4) is 0 Å². The maximum atomic E-state index is 6.06. The van der Waals surface area contributed by atoms with Crippen LogP contribution in [0.2, 0.25) is 0 Å². The number of nitrogens with zero attached hydrogens (tertiary/aromatic N) is 1. The van der Waals surface area contributed by atoms with Crippen LogP contribution in [0.1, 0.15) is 37.8 Å². The van der Waals surface area contributed by atoms with Crippen LogP contribution in [0.25, 0.3) is 0 Å². The molecule has 0 amide bonds. The first kappa shape index (κ1) is 11.7. The Hall–Kier alpha value is -0.800. The average molecular weight is 222 g/mol. The Balaban J connectivity index is 2.06. The molecule has 2 heterocycles. The molecular formula is C13H22N2O. The van der Waals surface area contributed by atoms with Gasteiger partial charge in [0, 0.05) is 19.1 Å². The number of aryl methyl sites for hydroxylation is 1. The SMILES string of the molecule is Cc1ccc(C(C)N2CC(C)CC(N)C2)o1. The van der Waals surface area contributed by atoms with Crippen LogP contribution in [0, 0.1) is 12.8 Å². The third-order valence-electron chi connectivity index (χ3n) is 3.44. The summed E-state index contributed by atoms with van der Waals surface area (Å²) in [6, 6.07) is 4.74. The summed E-state index contributed by atoms with van der Waals surface area (Å²) >= 11 is 0. The van der Waals surface area contributed by atoms with Crippen molar-refractivity contribution in [2.24, 2.45) is 11.7 Å². The number of nitrogens with two attached hydrogens (primary N) is 1. The fourth-order valence-corrected chi connectivity index (χ4v) is 2.62. The molecule has 3 atom stereocenters. The Kier molecular flexibility index (Phi) is 3.36. The van der Waals surface area contributed by atoms with E-state index in [9.17, 15) is 0 Å². The Morgan fingerprint density at radius 2 is 2.19 bits per heavy atom. The number of piperidine rings is 1. The molecule has 90 valence electrons. The van der Waals surface area contributed by atoms with Crippen molar-refractivity contribution >= 4 is 0 Å². The van der Waals surface area contributed by atoms with Gasteiger partial charge in [-0.25, -0.2) is 0 Å². The average Bonchev–Trinajstić information content (AvgIpc) is 2.62. The van der Waals surface area contributed by atoms with E-state index in [2.05, 4.69) is 24.8 Å². The second kappa shape index (κ2) is 4.60. The highest BCUT2D eigenvalue weighted by atomic mass is 16.3. The lowest BCUT2D eigenvalue weighted by Crippen LogP contribution is -2.47. The summed E-state index contributed by atoms with van der Waals surface area (Å²) in [6.07, 6.45) is 1.14. The van der Waals surface area contributed by atoms with E-state index in [1.165, 1.54) is 0 Å². The largest absolute Gasteiger partial charge is 0.465 e. The standard InChI is InChI=1S/C13H22N2O/c1-9-6-12(14)8-15(7-9)11(3)13-5-4-10(2)16-13/h4-5,9,11-12H,6-8,14H2,1-3H3. The molecule has 0 spiro atoms. The fourth-order valence-electron chi connectivity index (χ4n) is 2.62. The molecule has 1 aromatic rings. The van der Waals surface area contributed by atoms with Crippen molar-refractivity contribution in [3.8, 4) is 0 Å². The minimum atomic E-state index is 0.308. The molecular weight excluding hydrogens is 200 g/mol. The molecule has 0 aromatic carbocycles. The molecule has 1 saturated heterocycles. The molecule has 3 unspecified atom stereocenters. The summed E-state index contributed by atoms with van der Waals surface area (Å²) in [5.41, 5.74) is 6.06. The Morgan fingerprint density at radius 3 is 2.75 bits per heavy atom. The first-order valence-electron chi connectivity index (χ1n) is 6.12. The maximum absolute atomic E-state index is 6.06. The van der Waals surface area contributed by atoms with Gasteiger partial charge >= 0.3 is 0 Å². The first-order chi connectivity index (χ1) is 7.56. The predicted octanol–water partition coefficient (Wildman–Crippen LogP) is 2.32. The third-order valence-corrected chi connectivity index (χ3v) is 3.44. The second-order valence-corrected chi connectivity index (χ2v) is 5.18. The van der Waals surface area contributed by atoms with E-state index in [1.54, 1.807) is 0 Å². The lowest BCUT2D eigenvalue weighted by molar-refractivity contribution is 0.111. The van der Waals surface area contributed by atoms with E-state index >= 15 is 0 Å². The van der Waals surface area contributed by atoms with Crippen LogP contribution in [0.15, 0.2) is 16.5 Å². The normalized spacial score (nSPS) is 29.2. The van der Waals surface area contributed by atoms with Gasteiger partial charge in [-0.05, 0) is 38.3 Å². The molecule has 3 nitrogen and oxygen atoms in total. The Bertz CT molecular complexity index is 337. The highest BCUT2D eigenvalue weighted by molar-refractivity contribution is 5.09. The van der Waals surface area contributed by atoms with Gasteiger partial charge in [0.1, 0.15) is 11.5 Å². The molecule has 1 aliphatic heterocycles. The molecule has 16 heavy (non-hydrogen) atoms. The second-order valence-electron chi connectivity index (χ2n) is 5.18. The quantitative estimate of drug-likeness (QED) is 0.835. The van der Waals surface area contributed by atoms with E-state index in [0.717, 1.165) is 31.0 Å². The van der Waals surface area contributed by atoms with Crippen LogP contribution >= 0.6 is 0 Å². The molecule has 2 rings (SSSR count). The van der Waals surface area contributed by atoms with Crippen LogP contribution in [0.5, 0.6) is 0 Å². The van der Waals surface area contributed by atoms with Crippen LogP contribution in [0.4, 0.5) is 0 Å². The number of hydrogen-bond donors (Lipinski definition) is 1. The van der Waals surface area contributed by atoms with Crippen molar-refractivity contribution in [3.05, 3.63) is 23.7 Å². The first-order valence-corrected chi connectivity index (χ1v) is 6.12. The van der Waals surface area contributed by atoms with Crippen molar-refractivity contribution in [2.45, 2.75) is 39.3 Å². The molecule has 1 fully saturated rings. The van der Waals surface area contributed by atoms with Crippen molar-refractivity contribution in [2.75, 3.05) is 13.1 Å². The van der Waals surface area contributed by atoms with Gasteiger partial charge in [0.2, 0.25) is 0 Å². The monoisotopic (exact) mass is 222 g/mol. The minimum Gasteiger partial charge on any atom is -0.465 e. The van der Waals surface area contributed by atoms with Gasteiger partial charge in [0.05, 0.1) is 6.04 Å². The van der Waals surface area contributed by atoms with E-state index in [-0.39, 0.29) is 0 Å². The number of hydrogen-bond acceptors (Lipinski definition) is 3. The maximum Gasteiger partial charge on any atom is 0.121 e. The number of furan rings is 1. The summed E-state index contributed by atoms with van der Waals surface area (Å²) < 4.78 is 5.69. The van der Waals surface area contributed by atoms with Crippen molar-refractivity contribution in [3.63, 3.8) is 0 Å². The highest BCUT2D eigenvalue weighted by Crippen LogP contribution is 2.27. The number of likely N-dealkylation sites (tertiary alicyclic amines) is 1. The molecule has 0 saturated carbocycles. The zero-order valence-electron chi connectivity index (χ0n) is 10.4. The lowest BCUT2D eigenvalue weighted by Gasteiger charge is -2.37. The van der Waals surface area contributed by atoms with Crippen molar-refractivity contribution in [1.29, 1.82) is 0 Å². The fraction of sp³-hybridized carbons (Fsp3) is 0.692. The topological polar surface area (TPSA) is 42.4 Å². The van der Waals surface area contributed by atoms with Crippen LogP contribution < -0.4 is 5.73 Å². The van der Waals surface area contributed by atoms with Gasteiger partial charge < -0.3 is 10.2 Å². The minimum absolute atomic E-state index is 0.308. The Labute approximate surface area is 97.6 Å². The number of rotatable bonds is 2. The van der Waals surface area contributed by atoms with Gasteiger partial charge in [0.25, 0.3) is 0 Å². The predicted molar refractivity (Wildman–Crippen MR) is 65.2 cm³/mol. The molecule has 1 aliphatic rings. The Morgan fingerprint density at radius 1 is 1.44 bits per heavy atom. The summed E-state index contributed by atoms with van der Waals surface area (Å²) in [7, 11) is 0. The van der Waals surface area contributed by atoms with Gasteiger partial charge in [-0.15, -0.1) is 0 Å². The molecule has 0 bridgehead atoms. The summed E-state index contributed by atoms with van der Waals surface area (Å²) in [4.78, 5) is 2.43. The van der Waals surface area contributed by atoms with Gasteiger partial charge in [0.15, 0.2) is 0 Å². The highest BCUT2D eigenvalue weighted by Gasteiger charge is 2.27. The zero-order chi connectivity index (χ0) is 11.7. The van der Waals surface area contributed by atoms with E-state index < -0.39 is 0 Å². The molecule has 0 radical (unpaired) electrons. The smallest absolute Gasteiger partial charge is 0.121 e. The van der Waals surface area contributed by atoms with E-state index in [4.69, 9.17) is 10.2 Å². The third kappa shape index (κ3) is 2.47. The molecule has 0 aliphatic carbocycles. The van der Waals surface area contributed by atoms with Gasteiger partial charge in [-0.3, -0.25) is 4.90 Å². The van der Waals surface area contributed by atoms with Crippen molar-refractivity contribution < 1.29 is 4.42 Å².